The maximum Gasteiger partial charge on any atom is 0.276 e. The summed E-state index contributed by atoms with van der Waals surface area (Å²) in [4.78, 5) is 56.8. The normalized spacial score (nSPS) is 14.8. The van der Waals surface area contributed by atoms with Gasteiger partial charge < -0.3 is 14.8 Å². The lowest BCUT2D eigenvalue weighted by Crippen LogP contribution is -2.45. The summed E-state index contributed by atoms with van der Waals surface area (Å²) in [6.45, 7) is 1.63. The number of piperidine rings is 1. The van der Waals surface area contributed by atoms with Crippen LogP contribution in [-0.2, 0) is 9.59 Å². The number of hydrogen-bond donors (Lipinski definition) is 2. The van der Waals surface area contributed by atoms with Crippen LogP contribution >= 0.6 is 0 Å². The van der Waals surface area contributed by atoms with Crippen LogP contribution in [0.4, 0.5) is 5.69 Å². The van der Waals surface area contributed by atoms with Crippen molar-refractivity contribution in [1.82, 2.24) is 24.6 Å². The van der Waals surface area contributed by atoms with E-state index in [-0.39, 0.29) is 35.5 Å². The van der Waals surface area contributed by atoms with Gasteiger partial charge in [-0.1, -0.05) is 30.3 Å². The number of imide groups is 1. The molecule has 5 aromatic rings. The van der Waals surface area contributed by atoms with Gasteiger partial charge in [-0.25, -0.2) is 9.67 Å². The Morgan fingerprint density at radius 1 is 0.977 bits per heavy atom. The molecule has 2 aromatic heterocycles. The highest BCUT2D eigenvalue weighted by atomic mass is 16.5. The number of benzene rings is 3. The largest absolute Gasteiger partial charge is 0.493 e. The fraction of sp³-hybridized carbons (Fsp3) is 0.188. The summed E-state index contributed by atoms with van der Waals surface area (Å²) in [6, 6.07) is 18.7. The minimum Gasteiger partial charge on any atom is -0.493 e. The predicted octanol–water partition coefficient (Wildman–Crippen LogP) is 3.80. The Bertz CT molecular complexity index is 2000. The SMILES string of the molecule is COc1ccc(-c2cn(-c3ccccc3)nc2C(=O)Nc2cccc3nc(C)n(C4CCC(=O)NC4=O)c(=O)c23)cc1OC. The number of aryl methyl sites for hydroxylation is 1. The number of aromatic nitrogens is 4. The Morgan fingerprint density at radius 2 is 1.75 bits per heavy atom. The van der Waals surface area contributed by atoms with Gasteiger partial charge in [-0.2, -0.15) is 5.10 Å². The topological polar surface area (TPSA) is 146 Å². The molecule has 2 N–H and O–H groups in total. The summed E-state index contributed by atoms with van der Waals surface area (Å²) in [5.41, 5.74) is 2.07. The van der Waals surface area contributed by atoms with E-state index < -0.39 is 23.4 Å². The quantitative estimate of drug-likeness (QED) is 0.271. The molecule has 0 aliphatic carbocycles. The van der Waals surface area contributed by atoms with Gasteiger partial charge in [-0.3, -0.25) is 29.1 Å². The molecule has 1 aliphatic heterocycles. The van der Waals surface area contributed by atoms with E-state index in [1.807, 2.05) is 30.3 Å². The average Bonchev–Trinajstić information content (AvgIpc) is 3.48. The molecule has 0 spiro atoms. The lowest BCUT2D eigenvalue weighted by molar-refractivity contribution is -0.135. The van der Waals surface area contributed by atoms with E-state index in [0.29, 0.717) is 34.0 Å². The molecule has 12 nitrogen and oxygen atoms in total. The van der Waals surface area contributed by atoms with Gasteiger partial charge in [0.2, 0.25) is 11.8 Å². The molecule has 0 bridgehead atoms. The number of nitrogens with zero attached hydrogens (tertiary/aromatic N) is 4. The van der Waals surface area contributed by atoms with E-state index in [1.54, 1.807) is 61.3 Å². The molecule has 1 saturated heterocycles. The number of para-hydroxylation sites is 1. The zero-order chi connectivity index (χ0) is 31.0. The molecular weight excluding hydrogens is 564 g/mol. The number of amides is 3. The van der Waals surface area contributed by atoms with Crippen molar-refractivity contribution in [2.75, 3.05) is 19.5 Å². The van der Waals surface area contributed by atoms with E-state index in [4.69, 9.17) is 9.47 Å². The summed E-state index contributed by atoms with van der Waals surface area (Å²) in [5.74, 6) is -0.196. The molecule has 1 atom stereocenters. The minimum absolute atomic E-state index is 0.0989. The van der Waals surface area contributed by atoms with E-state index in [2.05, 4.69) is 20.7 Å². The number of carbonyl (C=O) groups is 3. The second-order valence-corrected chi connectivity index (χ2v) is 10.2. The Morgan fingerprint density at radius 3 is 2.48 bits per heavy atom. The third-order valence-corrected chi connectivity index (χ3v) is 7.52. The van der Waals surface area contributed by atoms with Crippen molar-refractivity contribution >= 4 is 34.3 Å². The smallest absolute Gasteiger partial charge is 0.276 e. The predicted molar refractivity (Wildman–Crippen MR) is 162 cm³/mol. The number of hydrogen-bond acceptors (Lipinski definition) is 8. The molecule has 222 valence electrons. The van der Waals surface area contributed by atoms with E-state index >= 15 is 0 Å². The zero-order valence-electron chi connectivity index (χ0n) is 24.2. The third-order valence-electron chi connectivity index (χ3n) is 7.52. The number of methoxy groups -OCH3 is 2. The Hall–Kier alpha value is -5.78. The number of carbonyl (C=O) groups excluding carboxylic acids is 3. The van der Waals surface area contributed by atoms with Gasteiger partial charge in [0.1, 0.15) is 11.9 Å². The third kappa shape index (κ3) is 5.06. The van der Waals surface area contributed by atoms with Crippen molar-refractivity contribution < 1.29 is 23.9 Å². The van der Waals surface area contributed by atoms with E-state index in [1.165, 1.54) is 11.7 Å². The first-order valence-corrected chi connectivity index (χ1v) is 13.8. The van der Waals surface area contributed by atoms with E-state index in [0.717, 1.165) is 5.69 Å². The molecule has 0 saturated carbocycles. The van der Waals surface area contributed by atoms with Crippen LogP contribution in [0.25, 0.3) is 27.7 Å². The summed E-state index contributed by atoms with van der Waals surface area (Å²) in [7, 11) is 3.07. The van der Waals surface area contributed by atoms with Crippen LogP contribution in [0.15, 0.2) is 77.7 Å². The van der Waals surface area contributed by atoms with Crippen LogP contribution < -0.4 is 25.7 Å². The van der Waals surface area contributed by atoms with Crippen molar-refractivity contribution in [1.29, 1.82) is 0 Å². The second kappa shape index (κ2) is 11.5. The molecule has 1 aliphatic rings. The van der Waals surface area contributed by atoms with Crippen molar-refractivity contribution in [2.24, 2.45) is 0 Å². The van der Waals surface area contributed by atoms with Gasteiger partial charge in [0.05, 0.1) is 36.5 Å². The van der Waals surface area contributed by atoms with Crippen LogP contribution in [0, 0.1) is 6.92 Å². The van der Waals surface area contributed by atoms with Crippen LogP contribution in [0.1, 0.15) is 35.2 Å². The molecule has 1 unspecified atom stereocenters. The fourth-order valence-electron chi connectivity index (χ4n) is 5.40. The number of rotatable bonds is 7. The van der Waals surface area contributed by atoms with E-state index in [9.17, 15) is 19.2 Å². The first-order chi connectivity index (χ1) is 21.3. The van der Waals surface area contributed by atoms with Crippen molar-refractivity contribution in [3.8, 4) is 28.3 Å². The van der Waals surface area contributed by atoms with Crippen molar-refractivity contribution in [2.45, 2.75) is 25.8 Å². The lowest BCUT2D eigenvalue weighted by atomic mass is 10.0. The van der Waals surface area contributed by atoms with Crippen LogP contribution in [0.5, 0.6) is 11.5 Å². The van der Waals surface area contributed by atoms with Crippen LogP contribution in [0.3, 0.4) is 0 Å². The van der Waals surface area contributed by atoms with Gasteiger partial charge in [-0.05, 0) is 55.3 Å². The molecule has 3 aromatic carbocycles. The molecule has 3 amide bonds. The van der Waals surface area contributed by atoms with Crippen LogP contribution in [-0.4, -0.2) is 51.3 Å². The Balaban J connectivity index is 1.45. The Labute approximate surface area is 251 Å². The Kier molecular flexibility index (Phi) is 7.39. The maximum atomic E-state index is 14.0. The molecule has 3 heterocycles. The summed E-state index contributed by atoms with van der Waals surface area (Å²) in [5, 5.41) is 9.90. The summed E-state index contributed by atoms with van der Waals surface area (Å²) < 4.78 is 13.7. The van der Waals surface area contributed by atoms with Gasteiger partial charge in [0.25, 0.3) is 11.5 Å². The average molecular weight is 593 g/mol. The summed E-state index contributed by atoms with van der Waals surface area (Å²) in [6.07, 6.45) is 2.01. The van der Waals surface area contributed by atoms with Crippen molar-refractivity contribution in [3.05, 3.63) is 94.8 Å². The first kappa shape index (κ1) is 28.3. The first-order valence-electron chi connectivity index (χ1n) is 13.8. The molecule has 44 heavy (non-hydrogen) atoms. The van der Waals surface area contributed by atoms with Gasteiger partial charge >= 0.3 is 0 Å². The molecule has 12 heteroatoms. The molecule has 1 fully saturated rings. The highest BCUT2D eigenvalue weighted by molar-refractivity contribution is 6.10. The zero-order valence-corrected chi connectivity index (χ0v) is 24.2. The summed E-state index contributed by atoms with van der Waals surface area (Å²) >= 11 is 0. The van der Waals surface area contributed by atoms with Crippen LogP contribution in [0.2, 0.25) is 0 Å². The lowest BCUT2D eigenvalue weighted by Gasteiger charge is -2.24. The van der Waals surface area contributed by atoms with Gasteiger partial charge in [0, 0.05) is 18.2 Å². The van der Waals surface area contributed by atoms with Crippen molar-refractivity contribution in [3.63, 3.8) is 0 Å². The van der Waals surface area contributed by atoms with Gasteiger partial charge in [-0.15, -0.1) is 0 Å². The molecular formula is C32H28N6O6. The highest BCUT2D eigenvalue weighted by Gasteiger charge is 2.31. The monoisotopic (exact) mass is 592 g/mol. The number of anilines is 1. The number of ether oxygens (including phenoxy) is 2. The van der Waals surface area contributed by atoms with Gasteiger partial charge in [0.15, 0.2) is 17.2 Å². The maximum absolute atomic E-state index is 14.0. The molecule has 0 radical (unpaired) electrons. The molecule has 6 rings (SSSR count). The number of fused-ring (bicyclic) bond motifs is 1. The number of nitrogens with one attached hydrogen (secondary N) is 2. The fourth-order valence-corrected chi connectivity index (χ4v) is 5.40. The highest BCUT2D eigenvalue weighted by Crippen LogP contribution is 2.34. The second-order valence-electron chi connectivity index (χ2n) is 10.2. The standard InChI is InChI=1S/C32H28N6O6/c1-18-33-22-10-7-11-23(28(22)32(42)38(18)24-13-15-27(39)35-30(24)40)34-31(41)29-21(17-37(36-29)20-8-5-4-6-9-20)19-12-14-25(43-2)26(16-19)44-3/h4-12,14,16-17,24H,13,15H2,1-3H3,(H,34,41)(H,35,39,40). The minimum atomic E-state index is -0.904.